The summed E-state index contributed by atoms with van der Waals surface area (Å²) in [4.78, 5) is 4.61. The van der Waals surface area contributed by atoms with E-state index in [1.54, 1.807) is 23.5 Å². The molecule has 16 heavy (non-hydrogen) atoms. The predicted octanol–water partition coefficient (Wildman–Crippen LogP) is 4.61. The molecule has 0 aromatic rings. The van der Waals surface area contributed by atoms with Gasteiger partial charge in [0, 0.05) is 31.8 Å². The zero-order chi connectivity index (χ0) is 12.4. The molecule has 0 aromatic carbocycles. The third-order valence-corrected chi connectivity index (χ3v) is 9.23. The van der Waals surface area contributed by atoms with Gasteiger partial charge in [0.25, 0.3) is 0 Å². The lowest BCUT2D eigenvalue weighted by Gasteiger charge is -2.08. The summed E-state index contributed by atoms with van der Waals surface area (Å²) in [5.41, 5.74) is 0. The number of nitrogens with zero attached hydrogens (tertiary/aromatic N) is 2. The fraction of sp³-hybridized carbons (Fsp3) is 0.750. The van der Waals surface area contributed by atoms with Crippen molar-refractivity contribution in [1.82, 2.24) is 0 Å². The summed E-state index contributed by atoms with van der Waals surface area (Å²) in [6, 6.07) is 0. The molecule has 0 fully saturated rings. The van der Waals surface area contributed by atoms with Crippen LogP contribution in [0.1, 0.15) is 0 Å². The topological polar surface area (TPSA) is 36.1 Å². The first-order valence-electron chi connectivity index (χ1n) is 4.26. The fourth-order valence-electron chi connectivity index (χ4n) is 0.560. The van der Waals surface area contributed by atoms with Crippen LogP contribution in [-0.2, 0) is 0 Å². The minimum absolute atomic E-state index is 0.401. The summed E-state index contributed by atoms with van der Waals surface area (Å²) in [7, 11) is 0. The second kappa shape index (κ2) is 11.8. The van der Waals surface area contributed by atoms with Gasteiger partial charge in [-0.05, 0) is 0 Å². The van der Waals surface area contributed by atoms with Crippen molar-refractivity contribution in [3.63, 3.8) is 0 Å². The molecule has 0 amide bonds. The van der Waals surface area contributed by atoms with Crippen LogP contribution < -0.4 is 0 Å². The van der Waals surface area contributed by atoms with Crippen molar-refractivity contribution in [2.75, 3.05) is 22.2 Å². The van der Waals surface area contributed by atoms with Crippen molar-refractivity contribution in [2.24, 2.45) is 4.99 Å². The molecule has 0 N–H and O–H groups in total. The van der Waals surface area contributed by atoms with Gasteiger partial charge >= 0.3 is 0 Å². The zero-order valence-electron chi connectivity index (χ0n) is 8.21. The van der Waals surface area contributed by atoms with Gasteiger partial charge in [-0.2, -0.15) is 10.3 Å². The van der Waals surface area contributed by atoms with E-state index in [4.69, 9.17) is 5.26 Å². The van der Waals surface area contributed by atoms with Crippen molar-refractivity contribution in [3.8, 4) is 6.19 Å². The van der Waals surface area contributed by atoms with Gasteiger partial charge in [0.15, 0.2) is 0 Å². The molecule has 0 aliphatic heterocycles. The first-order chi connectivity index (χ1) is 7.63. The van der Waals surface area contributed by atoms with Crippen LogP contribution in [0.15, 0.2) is 4.99 Å². The van der Waals surface area contributed by atoms with Gasteiger partial charge in [0.1, 0.15) is 4.38 Å². The highest BCUT2D eigenvalue weighted by atomic mass is 79.9. The van der Waals surface area contributed by atoms with Crippen LogP contribution in [0.25, 0.3) is 0 Å². The van der Waals surface area contributed by atoms with Crippen molar-refractivity contribution >= 4 is 91.6 Å². The Balaban J connectivity index is 4.00. The van der Waals surface area contributed by atoms with Crippen LogP contribution >= 0.6 is 87.2 Å². The first-order valence-corrected chi connectivity index (χ1v) is 10.3. The van der Waals surface area contributed by atoms with Crippen molar-refractivity contribution in [3.05, 3.63) is 0 Å². The molecule has 0 spiro atoms. The first kappa shape index (κ1) is 17.8. The molecule has 0 aromatic heterocycles. The van der Waals surface area contributed by atoms with Gasteiger partial charge in [-0.15, -0.1) is 0 Å². The van der Waals surface area contributed by atoms with E-state index < -0.39 is 0 Å². The molecule has 0 heterocycles. The van der Waals surface area contributed by atoms with Gasteiger partial charge in [0.05, 0.1) is 0 Å². The van der Waals surface area contributed by atoms with E-state index >= 15 is 0 Å². The minimum atomic E-state index is 0.401. The number of thioether (sulfide) groups is 2. The molecule has 2 nitrogen and oxygen atoms in total. The SMILES string of the molecule is N#CN=C(SCC(Br)CBr)SCC(Br)CBr. The summed E-state index contributed by atoms with van der Waals surface area (Å²) < 4.78 is 0.832. The fourth-order valence-corrected chi connectivity index (χ4v) is 4.25. The third-order valence-electron chi connectivity index (χ3n) is 1.25. The van der Waals surface area contributed by atoms with Crippen LogP contribution in [0, 0.1) is 11.5 Å². The number of alkyl halides is 4. The maximum absolute atomic E-state index is 8.58. The quantitative estimate of drug-likeness (QED) is 0.223. The summed E-state index contributed by atoms with van der Waals surface area (Å²) in [5, 5.41) is 10.4. The molecule has 8 heteroatoms. The number of rotatable bonds is 6. The standard InChI is InChI=1S/C8H10Br4N2S2/c9-1-6(11)3-15-8(14-5-13)16-4-7(12)2-10/h6-7H,1-4H2. The summed E-state index contributed by atoms with van der Waals surface area (Å²) in [6.45, 7) is 0. The third kappa shape index (κ3) is 9.77. The Bertz CT molecular complexity index is 241. The van der Waals surface area contributed by atoms with E-state index in [2.05, 4.69) is 68.7 Å². The minimum Gasteiger partial charge on any atom is -0.170 e. The maximum atomic E-state index is 8.58. The lowest BCUT2D eigenvalue weighted by atomic mass is 10.6. The molecule has 2 unspecified atom stereocenters. The molecular formula is C8H10Br4N2S2. The second-order valence-electron chi connectivity index (χ2n) is 2.60. The van der Waals surface area contributed by atoms with Crippen molar-refractivity contribution in [1.29, 1.82) is 5.26 Å². The van der Waals surface area contributed by atoms with Crippen LogP contribution in [0.4, 0.5) is 0 Å². The number of hydrogen-bond donors (Lipinski definition) is 0. The van der Waals surface area contributed by atoms with Gasteiger partial charge in [-0.1, -0.05) is 87.2 Å². The lowest BCUT2D eigenvalue weighted by molar-refractivity contribution is 1.19. The van der Waals surface area contributed by atoms with E-state index in [0.29, 0.717) is 9.65 Å². The normalized spacial score (nSPS) is 13.9. The Hall–Kier alpha value is 1.78. The number of nitriles is 1. The van der Waals surface area contributed by atoms with E-state index in [1.807, 2.05) is 6.19 Å². The molecule has 2 atom stereocenters. The predicted molar refractivity (Wildman–Crippen MR) is 91.0 cm³/mol. The number of aliphatic imine (C=N–C) groups is 1. The summed E-state index contributed by atoms with van der Waals surface area (Å²) in [6.07, 6.45) is 1.84. The lowest BCUT2D eigenvalue weighted by Crippen LogP contribution is -2.07. The molecule has 0 aliphatic carbocycles. The van der Waals surface area contributed by atoms with Gasteiger partial charge < -0.3 is 0 Å². The highest BCUT2D eigenvalue weighted by Gasteiger charge is 2.09. The molecule has 92 valence electrons. The molecule has 0 bridgehead atoms. The molecule has 0 saturated carbocycles. The highest BCUT2D eigenvalue weighted by Crippen LogP contribution is 2.23. The van der Waals surface area contributed by atoms with Crippen LogP contribution in [0.3, 0.4) is 0 Å². The Morgan fingerprint density at radius 1 is 1.12 bits per heavy atom. The maximum Gasteiger partial charge on any atom is 0.207 e. The molecule has 0 saturated heterocycles. The van der Waals surface area contributed by atoms with Crippen molar-refractivity contribution in [2.45, 2.75) is 9.65 Å². The average Bonchev–Trinajstić information content (AvgIpc) is 2.31. The monoisotopic (exact) mass is 514 g/mol. The van der Waals surface area contributed by atoms with E-state index in [9.17, 15) is 0 Å². The zero-order valence-corrected chi connectivity index (χ0v) is 16.2. The smallest absolute Gasteiger partial charge is 0.170 e. The largest absolute Gasteiger partial charge is 0.207 e. The average molecular weight is 518 g/mol. The van der Waals surface area contributed by atoms with E-state index in [-0.39, 0.29) is 0 Å². The molecule has 0 aliphatic rings. The van der Waals surface area contributed by atoms with Gasteiger partial charge in [-0.25, -0.2) is 0 Å². The second-order valence-corrected chi connectivity index (χ2v) is 8.76. The van der Waals surface area contributed by atoms with Crippen molar-refractivity contribution < 1.29 is 0 Å². The number of hydrogen-bond acceptors (Lipinski definition) is 4. The Morgan fingerprint density at radius 3 is 1.88 bits per heavy atom. The van der Waals surface area contributed by atoms with E-state index in [1.165, 1.54) is 0 Å². The molecular weight excluding hydrogens is 508 g/mol. The van der Waals surface area contributed by atoms with Gasteiger partial charge in [-0.3, -0.25) is 0 Å². The van der Waals surface area contributed by atoms with Gasteiger partial charge in [0.2, 0.25) is 6.19 Å². The van der Waals surface area contributed by atoms with Crippen LogP contribution in [-0.4, -0.2) is 36.2 Å². The summed E-state index contributed by atoms with van der Waals surface area (Å²) in [5.74, 6) is 1.81. The Labute approximate surface area is 138 Å². The Kier molecular flexibility index (Phi) is 13.2. The number of halogens is 4. The highest BCUT2D eigenvalue weighted by molar-refractivity contribution is 9.12. The molecule has 0 rings (SSSR count). The van der Waals surface area contributed by atoms with E-state index in [0.717, 1.165) is 26.5 Å². The van der Waals surface area contributed by atoms with Crippen LogP contribution in [0.5, 0.6) is 0 Å². The van der Waals surface area contributed by atoms with Crippen LogP contribution in [0.2, 0.25) is 0 Å². The summed E-state index contributed by atoms with van der Waals surface area (Å²) >= 11 is 17.0. The molecule has 0 radical (unpaired) electrons. The Morgan fingerprint density at radius 2 is 1.56 bits per heavy atom.